The van der Waals surface area contributed by atoms with Crippen LogP contribution >= 0.6 is 0 Å². The van der Waals surface area contributed by atoms with Crippen LogP contribution in [0.2, 0.25) is 0 Å². The highest BCUT2D eigenvalue weighted by atomic mass is 16.1. The average molecular weight is 446 g/mol. The molecule has 0 spiro atoms. The number of hydrogen-bond acceptors (Lipinski definition) is 7. The van der Waals surface area contributed by atoms with E-state index in [1.807, 2.05) is 31.2 Å². The number of rotatable bonds is 8. The van der Waals surface area contributed by atoms with Crippen LogP contribution in [0.1, 0.15) is 32.3 Å². The Labute approximate surface area is 194 Å². The highest BCUT2D eigenvalue weighted by Gasteiger charge is 2.17. The number of nitrogens with one attached hydrogen (secondary N) is 3. The molecule has 8 heteroatoms. The fourth-order valence-electron chi connectivity index (χ4n) is 3.60. The molecular weight excluding hydrogens is 414 g/mol. The molecule has 172 valence electrons. The van der Waals surface area contributed by atoms with E-state index < -0.39 is 5.91 Å². The molecule has 0 saturated carbocycles. The summed E-state index contributed by atoms with van der Waals surface area (Å²) in [6.45, 7) is 9.76. The monoisotopic (exact) mass is 445 g/mol. The number of aliphatic imine (C=N–C) groups is 1. The first-order valence-corrected chi connectivity index (χ1v) is 11.0. The van der Waals surface area contributed by atoms with Gasteiger partial charge in [-0.15, -0.1) is 0 Å². The number of hydrogen-bond donors (Lipinski definition) is 3. The molecule has 0 atom stereocenters. The molecule has 33 heavy (non-hydrogen) atoms. The van der Waals surface area contributed by atoms with Crippen molar-refractivity contribution in [2.75, 3.05) is 25.5 Å². The topological polar surface area (TPSA) is 106 Å². The van der Waals surface area contributed by atoms with Crippen LogP contribution in [-0.2, 0) is 4.79 Å². The summed E-state index contributed by atoms with van der Waals surface area (Å²) < 4.78 is 0. The Balaban J connectivity index is 1.83. The van der Waals surface area contributed by atoms with Crippen LogP contribution in [0.4, 0.5) is 5.95 Å². The SMILES string of the molecule is C=C/C(=N\C(=C/C)NC1CCN(C)CC1)c1ccc2cnc(NC(=O)/C(C=N)=C/C)nc2c1. The number of benzene rings is 1. The molecule has 1 aromatic heterocycles. The lowest BCUT2D eigenvalue weighted by atomic mass is 10.1. The van der Waals surface area contributed by atoms with E-state index >= 15 is 0 Å². The summed E-state index contributed by atoms with van der Waals surface area (Å²) in [5.74, 6) is 0.579. The summed E-state index contributed by atoms with van der Waals surface area (Å²) in [6.07, 6.45) is 10.1. The largest absolute Gasteiger partial charge is 0.367 e. The maximum atomic E-state index is 12.2. The lowest BCUT2D eigenvalue weighted by Gasteiger charge is -2.30. The third-order valence-electron chi connectivity index (χ3n) is 5.61. The maximum absolute atomic E-state index is 12.2. The molecule has 1 amide bonds. The van der Waals surface area contributed by atoms with Crippen LogP contribution in [0, 0.1) is 5.41 Å². The second-order valence-corrected chi connectivity index (χ2v) is 7.91. The molecule has 1 saturated heterocycles. The Kier molecular flexibility index (Phi) is 8.21. The van der Waals surface area contributed by atoms with Gasteiger partial charge in [-0.1, -0.05) is 24.8 Å². The van der Waals surface area contributed by atoms with Gasteiger partial charge in [-0.2, -0.15) is 0 Å². The minimum atomic E-state index is -0.422. The van der Waals surface area contributed by atoms with Gasteiger partial charge in [-0.3, -0.25) is 10.1 Å². The van der Waals surface area contributed by atoms with Crippen LogP contribution in [-0.4, -0.2) is 58.9 Å². The van der Waals surface area contributed by atoms with Gasteiger partial charge in [-0.05, 0) is 65.0 Å². The number of carbonyl (C=O) groups is 1. The molecule has 1 aliphatic rings. The van der Waals surface area contributed by atoms with Gasteiger partial charge >= 0.3 is 0 Å². The zero-order chi connectivity index (χ0) is 23.8. The third-order valence-corrected chi connectivity index (χ3v) is 5.61. The minimum Gasteiger partial charge on any atom is -0.367 e. The van der Waals surface area contributed by atoms with Crippen molar-refractivity contribution in [3.05, 3.63) is 66.2 Å². The van der Waals surface area contributed by atoms with Crippen molar-refractivity contribution in [2.24, 2.45) is 4.99 Å². The summed E-state index contributed by atoms with van der Waals surface area (Å²) in [7, 11) is 2.15. The van der Waals surface area contributed by atoms with Gasteiger partial charge in [0, 0.05) is 29.4 Å². The lowest BCUT2D eigenvalue weighted by molar-refractivity contribution is -0.112. The van der Waals surface area contributed by atoms with E-state index in [-0.39, 0.29) is 11.5 Å². The fourth-order valence-corrected chi connectivity index (χ4v) is 3.60. The van der Waals surface area contributed by atoms with Gasteiger partial charge in [0.2, 0.25) is 5.95 Å². The van der Waals surface area contributed by atoms with E-state index in [9.17, 15) is 4.79 Å². The number of likely N-dealkylation sites (tertiary alicyclic amines) is 1. The Hall–Kier alpha value is -3.65. The van der Waals surface area contributed by atoms with Gasteiger partial charge in [0.25, 0.3) is 5.91 Å². The molecule has 1 aromatic carbocycles. The predicted octanol–water partition coefficient (Wildman–Crippen LogP) is 3.68. The first-order chi connectivity index (χ1) is 16.0. The van der Waals surface area contributed by atoms with Crippen LogP contribution in [0.25, 0.3) is 10.9 Å². The van der Waals surface area contributed by atoms with E-state index in [4.69, 9.17) is 10.4 Å². The Morgan fingerprint density at radius 1 is 1.27 bits per heavy atom. The van der Waals surface area contributed by atoms with Crippen molar-refractivity contribution in [3.8, 4) is 0 Å². The number of amides is 1. The molecule has 0 aliphatic carbocycles. The second kappa shape index (κ2) is 11.3. The molecule has 2 aromatic rings. The van der Waals surface area contributed by atoms with Crippen molar-refractivity contribution in [1.29, 1.82) is 5.41 Å². The lowest BCUT2D eigenvalue weighted by Crippen LogP contribution is -2.40. The quantitative estimate of drug-likeness (QED) is 0.424. The molecular formula is C25H31N7O. The summed E-state index contributed by atoms with van der Waals surface area (Å²) in [4.78, 5) is 28.0. The molecule has 8 nitrogen and oxygen atoms in total. The van der Waals surface area contributed by atoms with Crippen molar-refractivity contribution in [2.45, 2.75) is 32.7 Å². The van der Waals surface area contributed by atoms with Crippen LogP contribution in [0.3, 0.4) is 0 Å². The predicted molar refractivity (Wildman–Crippen MR) is 135 cm³/mol. The second-order valence-electron chi connectivity index (χ2n) is 7.91. The van der Waals surface area contributed by atoms with Crippen molar-refractivity contribution in [1.82, 2.24) is 20.2 Å². The Morgan fingerprint density at radius 2 is 2.03 bits per heavy atom. The fraction of sp³-hybridized carbons (Fsp3) is 0.320. The first-order valence-electron chi connectivity index (χ1n) is 11.0. The van der Waals surface area contributed by atoms with Gasteiger partial charge in [0.05, 0.1) is 16.8 Å². The van der Waals surface area contributed by atoms with E-state index in [0.717, 1.165) is 54.6 Å². The standard InChI is InChI=1S/C25H31N7O/c1-5-17(15-26)24(33)31-25-27-16-19-9-8-18(14-22(19)30-25)21(6-2)29-23(7-3)28-20-10-12-32(4)13-11-20/h5-9,14-16,20,26,28H,2,10-13H2,1,3-4H3,(H,27,30,31,33)/b17-5+,23-7-,26-15?,29-21+. The van der Waals surface area contributed by atoms with E-state index in [1.54, 1.807) is 25.3 Å². The van der Waals surface area contributed by atoms with Crippen LogP contribution in [0.5, 0.6) is 0 Å². The minimum absolute atomic E-state index is 0.181. The van der Waals surface area contributed by atoms with Crippen molar-refractivity contribution < 1.29 is 4.79 Å². The summed E-state index contributed by atoms with van der Waals surface area (Å²) in [6, 6.07) is 6.19. The molecule has 2 heterocycles. The number of carbonyl (C=O) groups excluding carboxylic acids is 1. The highest BCUT2D eigenvalue weighted by Crippen LogP contribution is 2.18. The average Bonchev–Trinajstić information content (AvgIpc) is 2.83. The summed E-state index contributed by atoms with van der Waals surface area (Å²) in [5, 5.41) is 14.3. The van der Waals surface area contributed by atoms with Crippen molar-refractivity contribution >= 4 is 34.7 Å². The van der Waals surface area contributed by atoms with Crippen LogP contribution < -0.4 is 10.6 Å². The normalized spacial score (nSPS) is 16.5. The smallest absolute Gasteiger partial charge is 0.259 e. The first kappa shape index (κ1) is 24.0. The van der Waals surface area contributed by atoms with E-state index in [1.165, 1.54) is 0 Å². The van der Waals surface area contributed by atoms with E-state index in [2.05, 4.69) is 39.1 Å². The number of allylic oxidation sites excluding steroid dienone is 3. The number of fused-ring (bicyclic) bond motifs is 1. The Morgan fingerprint density at radius 3 is 2.67 bits per heavy atom. The van der Waals surface area contributed by atoms with E-state index in [0.29, 0.717) is 11.6 Å². The van der Waals surface area contributed by atoms with Gasteiger partial charge in [0.15, 0.2) is 0 Å². The number of nitrogens with zero attached hydrogens (tertiary/aromatic N) is 4. The zero-order valence-corrected chi connectivity index (χ0v) is 19.4. The molecule has 3 N–H and O–H groups in total. The number of anilines is 1. The van der Waals surface area contributed by atoms with Gasteiger partial charge in [0.1, 0.15) is 5.82 Å². The third kappa shape index (κ3) is 6.20. The van der Waals surface area contributed by atoms with Crippen molar-refractivity contribution in [3.63, 3.8) is 0 Å². The van der Waals surface area contributed by atoms with Gasteiger partial charge in [-0.25, -0.2) is 15.0 Å². The highest BCUT2D eigenvalue weighted by molar-refractivity contribution is 6.16. The Bertz CT molecular complexity index is 1120. The molecule has 0 bridgehead atoms. The van der Waals surface area contributed by atoms with Gasteiger partial charge < -0.3 is 15.6 Å². The maximum Gasteiger partial charge on any atom is 0.259 e. The molecule has 0 unspecified atom stereocenters. The summed E-state index contributed by atoms with van der Waals surface area (Å²) in [5.41, 5.74) is 2.51. The molecule has 3 rings (SSSR count). The zero-order valence-electron chi connectivity index (χ0n) is 19.4. The number of aromatic nitrogens is 2. The molecule has 1 fully saturated rings. The summed E-state index contributed by atoms with van der Waals surface area (Å²) >= 11 is 0. The number of piperidine rings is 1. The molecule has 1 aliphatic heterocycles. The molecule has 0 radical (unpaired) electrons. The van der Waals surface area contributed by atoms with Crippen LogP contribution in [0.15, 0.2) is 65.6 Å².